The van der Waals surface area contributed by atoms with Crippen LogP contribution in [0, 0.1) is 0 Å². The first-order valence-corrected chi connectivity index (χ1v) is 10.1. The number of phenols is 1. The van der Waals surface area contributed by atoms with Crippen LogP contribution in [0.5, 0.6) is 5.75 Å². The van der Waals surface area contributed by atoms with E-state index in [1.165, 1.54) is 0 Å². The van der Waals surface area contributed by atoms with E-state index >= 15 is 0 Å². The second-order valence-corrected chi connectivity index (χ2v) is 7.26. The number of amides is 1. The number of fused-ring (bicyclic) bond motifs is 1. The summed E-state index contributed by atoms with van der Waals surface area (Å²) >= 11 is 0. The molecule has 4 aromatic carbocycles. The molecule has 0 aliphatic carbocycles. The maximum atomic E-state index is 13.9. The fourth-order valence-corrected chi connectivity index (χ4v) is 3.84. The zero-order valence-electron chi connectivity index (χ0n) is 16.7. The first-order valence-electron chi connectivity index (χ1n) is 10.1. The summed E-state index contributed by atoms with van der Waals surface area (Å²) in [6.07, 6.45) is 1.90. The lowest BCUT2D eigenvalue weighted by Crippen LogP contribution is -2.25. The van der Waals surface area contributed by atoms with Gasteiger partial charge in [0.1, 0.15) is 5.75 Å². The van der Waals surface area contributed by atoms with Crippen LogP contribution >= 0.6 is 0 Å². The van der Waals surface area contributed by atoms with Gasteiger partial charge in [-0.1, -0.05) is 54.6 Å². The number of phenolic OH excluding ortho intramolecular Hbond substituents is 1. The third kappa shape index (κ3) is 3.45. The number of hydrogen-bond acceptors (Lipinski definition) is 2. The molecule has 1 amide bonds. The summed E-state index contributed by atoms with van der Waals surface area (Å²) in [6, 6.07) is 34.1. The molecule has 150 valence electrons. The van der Waals surface area contributed by atoms with Crippen LogP contribution in [0.15, 0.2) is 115 Å². The number of aromatic nitrogens is 1. The van der Waals surface area contributed by atoms with E-state index in [-0.39, 0.29) is 11.7 Å². The van der Waals surface area contributed by atoms with Crippen molar-refractivity contribution in [2.75, 3.05) is 4.90 Å². The number of benzene rings is 4. The smallest absolute Gasteiger partial charge is 0.265 e. The monoisotopic (exact) mass is 404 g/mol. The van der Waals surface area contributed by atoms with Crippen LogP contribution in [0.1, 0.15) is 10.4 Å². The van der Waals surface area contributed by atoms with Gasteiger partial charge in [-0.15, -0.1) is 0 Å². The normalized spacial score (nSPS) is 10.8. The van der Waals surface area contributed by atoms with Crippen molar-refractivity contribution in [3.05, 3.63) is 121 Å². The molecule has 5 aromatic rings. The van der Waals surface area contributed by atoms with E-state index in [0.717, 1.165) is 22.3 Å². The summed E-state index contributed by atoms with van der Waals surface area (Å²) in [7, 11) is 0. The van der Waals surface area contributed by atoms with Gasteiger partial charge in [0, 0.05) is 28.6 Å². The molecule has 4 nitrogen and oxygen atoms in total. The van der Waals surface area contributed by atoms with Crippen LogP contribution in [0.3, 0.4) is 0 Å². The van der Waals surface area contributed by atoms with E-state index in [1.807, 2.05) is 95.7 Å². The molecule has 0 unspecified atom stereocenters. The van der Waals surface area contributed by atoms with E-state index in [9.17, 15) is 9.90 Å². The minimum Gasteiger partial charge on any atom is -0.508 e. The van der Waals surface area contributed by atoms with Gasteiger partial charge in [0.05, 0.1) is 11.1 Å². The number of hydrogen-bond donors (Lipinski definition) is 1. The van der Waals surface area contributed by atoms with Crippen LogP contribution in [-0.4, -0.2) is 15.6 Å². The lowest BCUT2D eigenvalue weighted by atomic mass is 10.1. The van der Waals surface area contributed by atoms with Crippen molar-refractivity contribution in [1.29, 1.82) is 0 Å². The number of carbonyl (C=O) groups excluding carboxylic acids is 1. The third-order valence-corrected chi connectivity index (χ3v) is 5.30. The minimum absolute atomic E-state index is 0.136. The molecule has 0 fully saturated rings. The van der Waals surface area contributed by atoms with Crippen molar-refractivity contribution >= 4 is 28.2 Å². The third-order valence-electron chi connectivity index (χ3n) is 5.30. The zero-order chi connectivity index (χ0) is 21.2. The average Bonchev–Trinajstić information content (AvgIpc) is 3.22. The van der Waals surface area contributed by atoms with Crippen molar-refractivity contribution in [3.8, 4) is 11.4 Å². The largest absolute Gasteiger partial charge is 0.508 e. The first kappa shape index (κ1) is 18.7. The topological polar surface area (TPSA) is 45.5 Å². The highest BCUT2D eigenvalue weighted by Gasteiger charge is 2.24. The van der Waals surface area contributed by atoms with Gasteiger partial charge in [-0.05, 0) is 54.6 Å². The fraction of sp³-hybridized carbons (Fsp3) is 0. The van der Waals surface area contributed by atoms with Crippen LogP contribution in [-0.2, 0) is 0 Å². The SMILES string of the molecule is O=C(c1cn(-c2ccccc2)c2ccccc12)N(c1ccccc1)c1ccc(O)cc1. The maximum absolute atomic E-state index is 13.9. The van der Waals surface area contributed by atoms with E-state index in [1.54, 1.807) is 29.2 Å². The Balaban J connectivity index is 1.69. The zero-order valence-corrected chi connectivity index (χ0v) is 16.7. The molecule has 0 saturated heterocycles. The molecule has 31 heavy (non-hydrogen) atoms. The fourth-order valence-electron chi connectivity index (χ4n) is 3.84. The summed E-state index contributed by atoms with van der Waals surface area (Å²) < 4.78 is 2.04. The Labute approximate surface area is 180 Å². The summed E-state index contributed by atoms with van der Waals surface area (Å²) in [4.78, 5) is 15.6. The van der Waals surface area contributed by atoms with Gasteiger partial charge >= 0.3 is 0 Å². The van der Waals surface area contributed by atoms with Crippen LogP contribution < -0.4 is 4.90 Å². The number of carbonyl (C=O) groups is 1. The van der Waals surface area contributed by atoms with Gasteiger partial charge in [0.2, 0.25) is 0 Å². The quantitative estimate of drug-likeness (QED) is 0.381. The maximum Gasteiger partial charge on any atom is 0.265 e. The number of rotatable bonds is 4. The Hall–Kier alpha value is -4.31. The van der Waals surface area contributed by atoms with Crippen molar-refractivity contribution in [3.63, 3.8) is 0 Å². The van der Waals surface area contributed by atoms with Crippen LogP contribution in [0.4, 0.5) is 11.4 Å². The molecule has 1 aromatic heterocycles. The molecule has 4 heteroatoms. The van der Waals surface area contributed by atoms with Gasteiger partial charge in [0.25, 0.3) is 5.91 Å². The lowest BCUT2D eigenvalue weighted by molar-refractivity contribution is 0.100. The molecule has 1 heterocycles. The van der Waals surface area contributed by atoms with Gasteiger partial charge < -0.3 is 9.67 Å². The molecule has 0 bridgehead atoms. The van der Waals surface area contributed by atoms with Crippen molar-refractivity contribution in [2.45, 2.75) is 0 Å². The van der Waals surface area contributed by atoms with Gasteiger partial charge in [-0.2, -0.15) is 0 Å². The average molecular weight is 404 g/mol. The van der Waals surface area contributed by atoms with Crippen molar-refractivity contribution in [2.24, 2.45) is 0 Å². The van der Waals surface area contributed by atoms with E-state index in [4.69, 9.17) is 0 Å². The Morgan fingerprint density at radius 2 is 1.26 bits per heavy atom. The molecule has 0 atom stereocenters. The Morgan fingerprint density at radius 1 is 0.677 bits per heavy atom. The highest BCUT2D eigenvalue weighted by molar-refractivity contribution is 6.17. The predicted molar refractivity (Wildman–Crippen MR) is 124 cm³/mol. The number of anilines is 2. The molecule has 0 spiro atoms. The van der Waals surface area contributed by atoms with Crippen molar-refractivity contribution < 1.29 is 9.90 Å². The number of aromatic hydroxyl groups is 1. The van der Waals surface area contributed by atoms with E-state index in [0.29, 0.717) is 11.3 Å². The Bertz CT molecular complexity index is 1340. The van der Waals surface area contributed by atoms with Gasteiger partial charge in [-0.3, -0.25) is 9.69 Å². The standard InChI is InChI=1S/C27H20N2O2/c30-23-17-15-22(16-18-23)29(21-11-5-2-6-12-21)27(31)25-19-28(20-9-3-1-4-10-20)26-14-8-7-13-24(25)26/h1-19,30H. The van der Waals surface area contributed by atoms with Crippen molar-refractivity contribution in [1.82, 2.24) is 4.57 Å². The second kappa shape index (κ2) is 7.84. The predicted octanol–water partition coefficient (Wildman–Crippen LogP) is 6.31. The van der Waals surface area contributed by atoms with Crippen LogP contribution in [0.2, 0.25) is 0 Å². The Kier molecular flexibility index (Phi) is 4.73. The van der Waals surface area contributed by atoms with E-state index in [2.05, 4.69) is 0 Å². The molecular weight excluding hydrogens is 384 g/mol. The van der Waals surface area contributed by atoms with Crippen LogP contribution in [0.25, 0.3) is 16.6 Å². The summed E-state index contributed by atoms with van der Waals surface area (Å²) in [6.45, 7) is 0. The van der Waals surface area contributed by atoms with Gasteiger partial charge in [0.15, 0.2) is 0 Å². The molecular formula is C27H20N2O2. The first-order chi connectivity index (χ1) is 15.2. The molecule has 0 aliphatic heterocycles. The molecule has 0 saturated carbocycles. The highest BCUT2D eigenvalue weighted by Crippen LogP contribution is 2.32. The summed E-state index contributed by atoms with van der Waals surface area (Å²) in [5.41, 5.74) is 4.01. The summed E-state index contributed by atoms with van der Waals surface area (Å²) in [5.74, 6) is 0.0210. The van der Waals surface area contributed by atoms with Gasteiger partial charge in [-0.25, -0.2) is 0 Å². The minimum atomic E-state index is -0.136. The Morgan fingerprint density at radius 3 is 1.97 bits per heavy atom. The summed E-state index contributed by atoms with van der Waals surface area (Å²) in [5, 5.41) is 10.6. The molecule has 0 radical (unpaired) electrons. The number of para-hydroxylation sites is 3. The molecule has 5 rings (SSSR count). The highest BCUT2D eigenvalue weighted by atomic mass is 16.3. The molecule has 1 N–H and O–H groups in total. The molecule has 0 aliphatic rings. The number of nitrogens with zero attached hydrogens (tertiary/aromatic N) is 2. The lowest BCUT2D eigenvalue weighted by Gasteiger charge is -2.23. The van der Waals surface area contributed by atoms with E-state index < -0.39 is 0 Å². The second-order valence-electron chi connectivity index (χ2n) is 7.26.